The predicted octanol–water partition coefficient (Wildman–Crippen LogP) is 2.47. The summed E-state index contributed by atoms with van der Waals surface area (Å²) in [6, 6.07) is 5.88. The molecule has 10 heteroatoms. The van der Waals surface area contributed by atoms with Crippen LogP contribution in [-0.4, -0.2) is 57.4 Å². The Labute approximate surface area is 179 Å². The highest BCUT2D eigenvalue weighted by Crippen LogP contribution is 2.49. The molecule has 0 spiro atoms. The smallest absolute Gasteiger partial charge is 0.247 e. The first-order chi connectivity index (χ1) is 13.6. The van der Waals surface area contributed by atoms with Gasteiger partial charge < -0.3 is 19.6 Å². The second-order valence-corrected chi connectivity index (χ2v) is 16.5. The number of halogens is 1. The van der Waals surface area contributed by atoms with E-state index in [9.17, 15) is 17.9 Å². The Morgan fingerprint density at radius 2 is 2.00 bits per heavy atom. The highest BCUT2D eigenvalue weighted by atomic mass is 32.2. The molecule has 0 aromatic heterocycles. The number of benzene rings is 1. The molecule has 2 aliphatic heterocycles. The van der Waals surface area contributed by atoms with E-state index in [0.29, 0.717) is 0 Å². The number of hydrogen-bond acceptors (Lipinski definition) is 6. The fourth-order valence-corrected chi connectivity index (χ4v) is 6.77. The van der Waals surface area contributed by atoms with Gasteiger partial charge in [0.25, 0.3) is 0 Å². The minimum atomic E-state index is -4.16. The molecule has 0 radical (unpaired) electrons. The summed E-state index contributed by atoms with van der Waals surface area (Å²) in [7, 11) is -5.15. The quantitative estimate of drug-likeness (QED) is 0.674. The van der Waals surface area contributed by atoms with Gasteiger partial charge in [0.2, 0.25) is 15.8 Å². The molecule has 7 nitrogen and oxygen atoms in total. The van der Waals surface area contributed by atoms with E-state index in [1.54, 1.807) is 6.07 Å². The first-order valence-corrected chi connectivity index (χ1v) is 14.2. The lowest BCUT2D eigenvalue weighted by Crippen LogP contribution is -2.68. The van der Waals surface area contributed by atoms with Gasteiger partial charge in [-0.15, -0.1) is 0 Å². The van der Waals surface area contributed by atoms with Crippen LogP contribution < -0.4 is 5.32 Å². The monoisotopic (exact) mass is 458 g/mol. The molecule has 0 bridgehead atoms. The van der Waals surface area contributed by atoms with E-state index in [0.717, 1.165) is 4.31 Å². The maximum absolute atomic E-state index is 14.8. The molecule has 2 saturated heterocycles. The zero-order valence-electron chi connectivity index (χ0n) is 18.3. The largest absolute Gasteiger partial charge is 0.411 e. The normalized spacial score (nSPS) is 31.4. The molecule has 2 fully saturated rings. The molecule has 0 aliphatic carbocycles. The van der Waals surface area contributed by atoms with Gasteiger partial charge in [0.05, 0.1) is 13.2 Å². The third-order valence-corrected chi connectivity index (χ3v) is 13.5. The Balaban J connectivity index is 2.11. The maximum Gasteiger partial charge on any atom is 0.247 e. The van der Waals surface area contributed by atoms with Crippen LogP contribution in [0.3, 0.4) is 0 Å². The average Bonchev–Trinajstić information content (AvgIpc) is 2.93. The maximum atomic E-state index is 14.8. The van der Waals surface area contributed by atoms with Gasteiger partial charge in [0.1, 0.15) is 17.2 Å². The number of aliphatic hydroxyl groups is 1. The highest BCUT2D eigenvalue weighted by molar-refractivity contribution is 7.90. The van der Waals surface area contributed by atoms with Crippen molar-refractivity contribution in [3.63, 3.8) is 0 Å². The Hall–Kier alpha value is -1.46. The van der Waals surface area contributed by atoms with Gasteiger partial charge in [-0.05, 0) is 24.2 Å². The molecule has 0 saturated carbocycles. The van der Waals surface area contributed by atoms with Gasteiger partial charge in [-0.2, -0.15) is 0 Å². The second-order valence-electron chi connectivity index (χ2n) is 9.60. The third-order valence-electron chi connectivity index (χ3n) is 6.63. The first-order valence-electron chi connectivity index (χ1n) is 9.79. The van der Waals surface area contributed by atoms with Crippen molar-refractivity contribution in [2.75, 3.05) is 20.3 Å². The van der Waals surface area contributed by atoms with Crippen molar-refractivity contribution in [1.82, 2.24) is 9.62 Å². The molecule has 2 heterocycles. The van der Waals surface area contributed by atoms with Crippen molar-refractivity contribution in [2.45, 2.75) is 55.5 Å². The summed E-state index contributed by atoms with van der Waals surface area (Å²) in [5.74, 6) is -2.69. The van der Waals surface area contributed by atoms with Crippen LogP contribution in [0.2, 0.25) is 18.1 Å². The van der Waals surface area contributed by atoms with Crippen molar-refractivity contribution in [3.8, 4) is 0 Å². The summed E-state index contributed by atoms with van der Waals surface area (Å²) in [6.07, 6.45) is 0. The van der Waals surface area contributed by atoms with E-state index in [4.69, 9.17) is 9.16 Å². The summed E-state index contributed by atoms with van der Waals surface area (Å²) in [5.41, 5.74) is -1.45. The van der Waals surface area contributed by atoms with Gasteiger partial charge in [0.15, 0.2) is 13.6 Å². The Morgan fingerprint density at radius 3 is 2.57 bits per heavy atom. The lowest BCUT2D eigenvalue weighted by Gasteiger charge is -2.47. The fourth-order valence-electron chi connectivity index (χ4n) is 3.74. The van der Waals surface area contributed by atoms with Crippen LogP contribution in [0.15, 0.2) is 36.7 Å². The van der Waals surface area contributed by atoms with Crippen LogP contribution >= 0.6 is 0 Å². The van der Waals surface area contributed by atoms with E-state index in [1.807, 2.05) is 33.9 Å². The number of sulfonamides is 1. The SMILES string of the molecule is C=C1NC2(c3ccccc3F)COC(O)(CO[Si](C)(C)C(C)(C)C)C2S(=O)(=O)N1C. The molecule has 2 N–H and O–H groups in total. The van der Waals surface area contributed by atoms with Gasteiger partial charge >= 0.3 is 0 Å². The minimum Gasteiger partial charge on any atom is -0.411 e. The average molecular weight is 459 g/mol. The number of hydrogen-bond donors (Lipinski definition) is 2. The van der Waals surface area contributed by atoms with E-state index >= 15 is 0 Å². The first kappa shape index (κ1) is 23.2. The number of nitrogens with one attached hydrogen (secondary N) is 1. The molecule has 2 aliphatic rings. The zero-order chi connectivity index (χ0) is 22.8. The standard InChI is InChI=1S/C20H31FN2O5SSi/c1-14-22-19(15-10-8-9-11-16(15)21)12-27-20(24,17(19)29(25,26)23(14)5)13-28-30(6,7)18(2,3)4/h8-11,17,22,24H,1,12-13H2,2-7H3. The van der Waals surface area contributed by atoms with Crippen molar-refractivity contribution in [1.29, 1.82) is 0 Å². The molecule has 3 rings (SSSR count). The van der Waals surface area contributed by atoms with Crippen LogP contribution in [0.1, 0.15) is 26.3 Å². The summed E-state index contributed by atoms with van der Waals surface area (Å²) < 4.78 is 54.5. The van der Waals surface area contributed by atoms with Crippen LogP contribution in [-0.2, 0) is 24.7 Å². The lowest BCUT2D eigenvalue weighted by atomic mass is 9.85. The van der Waals surface area contributed by atoms with Crippen LogP contribution in [0.4, 0.5) is 4.39 Å². The van der Waals surface area contributed by atoms with Crippen LogP contribution in [0.25, 0.3) is 0 Å². The van der Waals surface area contributed by atoms with E-state index < -0.39 is 40.7 Å². The molecule has 168 valence electrons. The molecular formula is C20H31FN2O5SSi. The lowest BCUT2D eigenvalue weighted by molar-refractivity contribution is -0.188. The number of rotatable bonds is 4. The van der Waals surface area contributed by atoms with Crippen molar-refractivity contribution >= 4 is 18.3 Å². The van der Waals surface area contributed by atoms with E-state index in [1.165, 1.54) is 25.2 Å². The minimum absolute atomic E-state index is 0.0765. The molecular weight excluding hydrogens is 427 g/mol. The Bertz CT molecular complexity index is 964. The van der Waals surface area contributed by atoms with Crippen LogP contribution in [0.5, 0.6) is 0 Å². The Kier molecular flexibility index (Phi) is 5.43. The summed E-state index contributed by atoms with van der Waals surface area (Å²) in [4.78, 5) is 0. The second kappa shape index (κ2) is 7.03. The molecule has 1 aromatic carbocycles. The van der Waals surface area contributed by atoms with Gasteiger partial charge in [-0.3, -0.25) is 4.31 Å². The van der Waals surface area contributed by atoms with Gasteiger partial charge in [0, 0.05) is 12.6 Å². The number of fused-ring (bicyclic) bond motifs is 1. The van der Waals surface area contributed by atoms with Gasteiger partial charge in [-0.25, -0.2) is 12.8 Å². The zero-order valence-corrected chi connectivity index (χ0v) is 20.1. The molecule has 3 unspecified atom stereocenters. The number of ether oxygens (including phenoxy) is 1. The number of nitrogens with zero attached hydrogens (tertiary/aromatic N) is 1. The highest BCUT2D eigenvalue weighted by Gasteiger charge is 2.69. The van der Waals surface area contributed by atoms with Crippen molar-refractivity contribution in [3.05, 3.63) is 48.0 Å². The molecule has 3 atom stereocenters. The Morgan fingerprint density at radius 1 is 1.40 bits per heavy atom. The van der Waals surface area contributed by atoms with E-state index in [-0.39, 0.29) is 29.6 Å². The van der Waals surface area contributed by atoms with Crippen molar-refractivity contribution < 1.29 is 27.1 Å². The van der Waals surface area contributed by atoms with E-state index in [2.05, 4.69) is 11.9 Å². The molecule has 0 amide bonds. The van der Waals surface area contributed by atoms with Crippen molar-refractivity contribution in [2.24, 2.45) is 0 Å². The summed E-state index contributed by atoms with van der Waals surface area (Å²) in [6.45, 7) is 13.3. The third kappa shape index (κ3) is 3.38. The predicted molar refractivity (Wildman–Crippen MR) is 115 cm³/mol. The van der Waals surface area contributed by atoms with Gasteiger partial charge in [-0.1, -0.05) is 45.5 Å². The topological polar surface area (TPSA) is 88.1 Å². The molecule has 30 heavy (non-hydrogen) atoms. The summed E-state index contributed by atoms with van der Waals surface area (Å²) >= 11 is 0. The van der Waals surface area contributed by atoms with Crippen LogP contribution in [0, 0.1) is 5.82 Å². The summed E-state index contributed by atoms with van der Waals surface area (Å²) in [5, 5.41) is 12.8. The molecule has 1 aromatic rings. The fraction of sp³-hybridized carbons (Fsp3) is 0.600.